The van der Waals surface area contributed by atoms with Crippen molar-refractivity contribution in [3.8, 4) is 11.1 Å². The summed E-state index contributed by atoms with van der Waals surface area (Å²) in [7, 11) is 1.33. The number of benzene rings is 2. The van der Waals surface area contributed by atoms with E-state index in [-0.39, 0.29) is 5.91 Å². The Morgan fingerprint density at radius 2 is 1.74 bits per heavy atom. The lowest BCUT2D eigenvalue weighted by molar-refractivity contribution is 0.0592. The molecule has 6 nitrogen and oxygen atoms in total. The normalized spacial score (nSPS) is 13.1. The van der Waals surface area contributed by atoms with Gasteiger partial charge >= 0.3 is 5.97 Å². The van der Waals surface area contributed by atoms with Crippen molar-refractivity contribution < 1.29 is 14.3 Å². The number of rotatable bonds is 3. The van der Waals surface area contributed by atoms with Crippen LogP contribution < -0.4 is 0 Å². The van der Waals surface area contributed by atoms with Gasteiger partial charge in [0.05, 0.1) is 19.3 Å². The SMILES string of the molecule is COC(=O)c1n[nH]c2c1CCN(C(=O)c1ccc(-c3ccccc3)cc1)C2. The van der Waals surface area contributed by atoms with Crippen LogP contribution in [0.3, 0.4) is 0 Å². The molecule has 2 aromatic carbocycles. The van der Waals surface area contributed by atoms with E-state index >= 15 is 0 Å². The molecule has 1 aliphatic rings. The Balaban J connectivity index is 1.51. The molecule has 0 unspecified atom stereocenters. The number of nitrogens with zero attached hydrogens (tertiary/aromatic N) is 2. The van der Waals surface area contributed by atoms with E-state index in [0.717, 1.165) is 22.4 Å². The van der Waals surface area contributed by atoms with Crippen LogP contribution in [-0.2, 0) is 17.7 Å². The summed E-state index contributed by atoms with van der Waals surface area (Å²) in [6.07, 6.45) is 0.574. The van der Waals surface area contributed by atoms with Crippen LogP contribution in [0.5, 0.6) is 0 Å². The largest absolute Gasteiger partial charge is 0.464 e. The van der Waals surface area contributed by atoms with Gasteiger partial charge in [0, 0.05) is 17.7 Å². The molecular weight excluding hydrogens is 342 g/mol. The number of hydrogen-bond donors (Lipinski definition) is 1. The molecule has 1 amide bonds. The van der Waals surface area contributed by atoms with Crippen molar-refractivity contribution in [2.24, 2.45) is 0 Å². The first-order chi connectivity index (χ1) is 13.2. The van der Waals surface area contributed by atoms with Crippen molar-refractivity contribution in [1.29, 1.82) is 0 Å². The monoisotopic (exact) mass is 361 g/mol. The van der Waals surface area contributed by atoms with Gasteiger partial charge in [0.1, 0.15) is 0 Å². The highest BCUT2D eigenvalue weighted by molar-refractivity contribution is 5.95. The third kappa shape index (κ3) is 3.21. The number of carbonyl (C=O) groups is 2. The summed E-state index contributed by atoms with van der Waals surface area (Å²) in [4.78, 5) is 26.4. The van der Waals surface area contributed by atoms with Gasteiger partial charge in [-0.05, 0) is 29.7 Å². The van der Waals surface area contributed by atoms with E-state index in [1.807, 2.05) is 54.6 Å². The zero-order valence-electron chi connectivity index (χ0n) is 14.9. The zero-order chi connectivity index (χ0) is 18.8. The molecule has 0 fully saturated rings. The van der Waals surface area contributed by atoms with E-state index in [2.05, 4.69) is 10.2 Å². The van der Waals surface area contributed by atoms with Gasteiger partial charge in [-0.1, -0.05) is 42.5 Å². The van der Waals surface area contributed by atoms with Crippen molar-refractivity contribution in [2.75, 3.05) is 13.7 Å². The Morgan fingerprint density at radius 1 is 1.04 bits per heavy atom. The fourth-order valence-corrected chi connectivity index (χ4v) is 3.38. The molecule has 0 saturated carbocycles. The molecule has 0 atom stereocenters. The second-order valence-corrected chi connectivity index (χ2v) is 6.44. The van der Waals surface area contributed by atoms with E-state index in [9.17, 15) is 9.59 Å². The molecule has 3 aromatic rings. The number of aromatic amines is 1. The highest BCUT2D eigenvalue weighted by Gasteiger charge is 2.28. The number of nitrogens with one attached hydrogen (secondary N) is 1. The van der Waals surface area contributed by atoms with Crippen molar-refractivity contribution in [1.82, 2.24) is 15.1 Å². The first kappa shape index (κ1) is 17.0. The van der Waals surface area contributed by atoms with Crippen LogP contribution in [0.25, 0.3) is 11.1 Å². The molecule has 1 aromatic heterocycles. The summed E-state index contributed by atoms with van der Waals surface area (Å²) >= 11 is 0. The number of aromatic nitrogens is 2. The second-order valence-electron chi connectivity index (χ2n) is 6.44. The molecule has 27 heavy (non-hydrogen) atoms. The van der Waals surface area contributed by atoms with E-state index in [1.165, 1.54) is 7.11 Å². The predicted molar refractivity (Wildman–Crippen MR) is 100 cm³/mol. The first-order valence-electron chi connectivity index (χ1n) is 8.76. The summed E-state index contributed by atoms with van der Waals surface area (Å²) in [5, 5.41) is 6.91. The maximum atomic E-state index is 12.9. The molecule has 0 bridgehead atoms. The number of H-pyrrole nitrogens is 1. The van der Waals surface area contributed by atoms with Crippen molar-refractivity contribution >= 4 is 11.9 Å². The van der Waals surface area contributed by atoms with Crippen molar-refractivity contribution in [3.05, 3.63) is 77.1 Å². The fraction of sp³-hybridized carbons (Fsp3) is 0.190. The average molecular weight is 361 g/mol. The third-order valence-corrected chi connectivity index (χ3v) is 4.84. The summed E-state index contributed by atoms with van der Waals surface area (Å²) in [5.41, 5.74) is 4.77. The molecule has 1 N–H and O–H groups in total. The van der Waals surface area contributed by atoms with Crippen LogP contribution in [-0.4, -0.2) is 40.6 Å². The van der Waals surface area contributed by atoms with Crippen molar-refractivity contribution in [3.63, 3.8) is 0 Å². The number of amides is 1. The first-order valence-corrected chi connectivity index (χ1v) is 8.76. The lowest BCUT2D eigenvalue weighted by Gasteiger charge is -2.27. The molecule has 2 heterocycles. The highest BCUT2D eigenvalue weighted by Crippen LogP contribution is 2.24. The van der Waals surface area contributed by atoms with Crippen LogP contribution in [0.2, 0.25) is 0 Å². The summed E-state index contributed by atoms with van der Waals surface area (Å²) in [6.45, 7) is 0.939. The van der Waals surface area contributed by atoms with E-state index < -0.39 is 5.97 Å². The molecule has 136 valence electrons. The fourth-order valence-electron chi connectivity index (χ4n) is 3.38. The molecule has 6 heteroatoms. The number of methoxy groups -OCH3 is 1. The Hall–Kier alpha value is -3.41. The van der Waals surface area contributed by atoms with Crippen LogP contribution >= 0.6 is 0 Å². The molecule has 1 aliphatic heterocycles. The Labute approximate surface area is 156 Å². The Bertz CT molecular complexity index is 978. The van der Waals surface area contributed by atoms with Crippen molar-refractivity contribution in [2.45, 2.75) is 13.0 Å². The highest BCUT2D eigenvalue weighted by atomic mass is 16.5. The number of ether oxygens (including phenoxy) is 1. The molecule has 0 spiro atoms. The lowest BCUT2D eigenvalue weighted by Crippen LogP contribution is -2.36. The molecule has 0 aliphatic carbocycles. The number of esters is 1. The van der Waals surface area contributed by atoms with Crippen LogP contribution in [0.1, 0.15) is 32.1 Å². The maximum absolute atomic E-state index is 12.9. The van der Waals surface area contributed by atoms with Gasteiger partial charge < -0.3 is 9.64 Å². The molecule has 0 radical (unpaired) electrons. The van der Waals surface area contributed by atoms with Gasteiger partial charge in [-0.25, -0.2) is 4.79 Å². The second kappa shape index (κ2) is 7.07. The quantitative estimate of drug-likeness (QED) is 0.728. The minimum atomic E-state index is -0.455. The van der Waals surface area contributed by atoms with Gasteiger partial charge in [-0.3, -0.25) is 9.89 Å². The van der Waals surface area contributed by atoms with E-state index in [1.54, 1.807) is 4.90 Å². The van der Waals surface area contributed by atoms with Gasteiger partial charge in [-0.2, -0.15) is 5.10 Å². The van der Waals surface area contributed by atoms with Gasteiger partial charge in [0.2, 0.25) is 0 Å². The average Bonchev–Trinajstić information content (AvgIpc) is 3.16. The van der Waals surface area contributed by atoms with Crippen LogP contribution in [0.15, 0.2) is 54.6 Å². The topological polar surface area (TPSA) is 75.3 Å². The summed E-state index contributed by atoms with van der Waals surface area (Å²) in [6, 6.07) is 17.7. The van der Waals surface area contributed by atoms with Gasteiger partial charge in [0.15, 0.2) is 5.69 Å². The van der Waals surface area contributed by atoms with Crippen LogP contribution in [0.4, 0.5) is 0 Å². The number of fused-ring (bicyclic) bond motifs is 1. The van der Waals surface area contributed by atoms with E-state index in [4.69, 9.17) is 4.74 Å². The molecule has 4 rings (SSSR count). The van der Waals surface area contributed by atoms with Crippen LogP contribution in [0, 0.1) is 0 Å². The Morgan fingerprint density at radius 3 is 2.44 bits per heavy atom. The summed E-state index contributed by atoms with van der Waals surface area (Å²) < 4.78 is 4.75. The van der Waals surface area contributed by atoms with Gasteiger partial charge in [0.25, 0.3) is 5.91 Å². The minimum Gasteiger partial charge on any atom is -0.464 e. The summed E-state index contributed by atoms with van der Waals surface area (Å²) in [5.74, 6) is -0.488. The molecular formula is C21H19N3O3. The Kier molecular flexibility index (Phi) is 4.46. The predicted octanol–water partition coefficient (Wildman–Crippen LogP) is 3.06. The number of carbonyl (C=O) groups excluding carboxylic acids is 2. The maximum Gasteiger partial charge on any atom is 0.358 e. The van der Waals surface area contributed by atoms with E-state index in [0.29, 0.717) is 30.8 Å². The molecule has 0 saturated heterocycles. The standard InChI is InChI=1S/C21H19N3O3/c1-27-21(26)19-17-11-12-24(13-18(17)22-23-19)20(25)16-9-7-15(8-10-16)14-5-3-2-4-6-14/h2-10H,11-13H2,1H3,(H,22,23). The lowest BCUT2D eigenvalue weighted by atomic mass is 10.0. The zero-order valence-corrected chi connectivity index (χ0v) is 14.9. The van der Waals surface area contributed by atoms with Gasteiger partial charge in [-0.15, -0.1) is 0 Å². The smallest absolute Gasteiger partial charge is 0.358 e. The third-order valence-electron chi connectivity index (χ3n) is 4.84. The minimum absolute atomic E-state index is 0.0329. The number of hydrogen-bond acceptors (Lipinski definition) is 4.